The first-order chi connectivity index (χ1) is 14.9. The minimum absolute atomic E-state index is 0.00664. The topological polar surface area (TPSA) is 66.9 Å². The monoisotopic (exact) mass is 444 g/mol. The van der Waals surface area contributed by atoms with Gasteiger partial charge < -0.3 is 14.5 Å². The van der Waals surface area contributed by atoms with Crippen molar-refractivity contribution in [3.8, 4) is 0 Å². The van der Waals surface area contributed by atoms with Crippen LogP contribution in [0, 0.1) is 6.92 Å². The summed E-state index contributed by atoms with van der Waals surface area (Å²) in [4.78, 5) is 43.2. The van der Waals surface area contributed by atoms with Gasteiger partial charge in [-0.1, -0.05) is 37.3 Å². The molecule has 0 aliphatic rings. The zero-order valence-corrected chi connectivity index (χ0v) is 19.5. The van der Waals surface area contributed by atoms with Gasteiger partial charge in [0.2, 0.25) is 11.8 Å². The Morgan fingerprint density at radius 1 is 0.903 bits per heavy atom. The number of aryl methyl sites for hydroxylation is 1. The smallest absolute Gasteiger partial charge is 0.306 e. The maximum atomic E-state index is 13.2. The van der Waals surface area contributed by atoms with Crippen molar-refractivity contribution in [2.45, 2.75) is 53.1 Å². The van der Waals surface area contributed by atoms with E-state index < -0.39 is 5.97 Å². The van der Waals surface area contributed by atoms with Gasteiger partial charge in [0, 0.05) is 29.3 Å². The van der Waals surface area contributed by atoms with E-state index in [1.165, 1.54) is 4.88 Å². The summed E-state index contributed by atoms with van der Waals surface area (Å²) in [6, 6.07) is 13.9. The second-order valence-corrected chi connectivity index (χ2v) is 8.74. The lowest BCUT2D eigenvalue weighted by molar-refractivity contribution is -0.146. The van der Waals surface area contributed by atoms with E-state index in [-0.39, 0.29) is 31.2 Å². The molecule has 31 heavy (non-hydrogen) atoms. The Hall–Kier alpha value is -2.67. The van der Waals surface area contributed by atoms with E-state index in [2.05, 4.69) is 0 Å². The molecule has 0 aliphatic heterocycles. The Morgan fingerprint density at radius 2 is 1.65 bits per heavy atom. The van der Waals surface area contributed by atoms with Gasteiger partial charge in [-0.2, -0.15) is 0 Å². The first kappa shape index (κ1) is 24.6. The summed E-state index contributed by atoms with van der Waals surface area (Å²) in [5.74, 6) is -0.694. The lowest BCUT2D eigenvalue weighted by Gasteiger charge is -2.27. The molecule has 1 aromatic heterocycles. The molecule has 0 radical (unpaired) electrons. The van der Waals surface area contributed by atoms with E-state index in [4.69, 9.17) is 4.74 Å². The molecule has 0 saturated heterocycles. The maximum absolute atomic E-state index is 13.2. The van der Waals surface area contributed by atoms with E-state index in [0.29, 0.717) is 26.2 Å². The molecule has 0 aliphatic carbocycles. The minimum atomic E-state index is -0.391. The second kappa shape index (κ2) is 12.9. The van der Waals surface area contributed by atoms with Crippen LogP contribution in [-0.2, 0) is 32.2 Å². The quantitative estimate of drug-likeness (QED) is 0.461. The van der Waals surface area contributed by atoms with Crippen molar-refractivity contribution in [1.29, 1.82) is 0 Å². The molecule has 0 N–H and O–H groups in total. The molecule has 2 amide bonds. The number of carbonyl (C=O) groups excluding carboxylic acids is 3. The number of hydrogen-bond acceptors (Lipinski definition) is 5. The summed E-state index contributed by atoms with van der Waals surface area (Å²) >= 11 is 1.67. The Balaban J connectivity index is 2.08. The Labute approximate surface area is 188 Å². The maximum Gasteiger partial charge on any atom is 0.306 e. The van der Waals surface area contributed by atoms with Crippen LogP contribution in [0.2, 0.25) is 0 Å². The summed E-state index contributed by atoms with van der Waals surface area (Å²) in [7, 11) is 0. The van der Waals surface area contributed by atoms with Crippen molar-refractivity contribution in [3.05, 3.63) is 57.8 Å². The molecule has 0 fully saturated rings. The van der Waals surface area contributed by atoms with Gasteiger partial charge in [0.15, 0.2) is 0 Å². The van der Waals surface area contributed by atoms with E-state index in [1.807, 2.05) is 56.3 Å². The molecule has 0 saturated carbocycles. The second-order valence-electron chi connectivity index (χ2n) is 7.37. The summed E-state index contributed by atoms with van der Waals surface area (Å²) in [5.41, 5.74) is 1.04. The summed E-state index contributed by atoms with van der Waals surface area (Å²) in [5, 5.41) is 0. The van der Waals surface area contributed by atoms with Crippen LogP contribution < -0.4 is 0 Å². The molecule has 2 aromatic rings. The van der Waals surface area contributed by atoms with Crippen molar-refractivity contribution in [1.82, 2.24) is 9.80 Å². The van der Waals surface area contributed by atoms with Gasteiger partial charge in [0.25, 0.3) is 0 Å². The Kier molecular flexibility index (Phi) is 10.2. The number of amides is 2. The highest BCUT2D eigenvalue weighted by atomic mass is 32.1. The van der Waals surface area contributed by atoms with E-state index >= 15 is 0 Å². The van der Waals surface area contributed by atoms with Crippen molar-refractivity contribution >= 4 is 29.1 Å². The van der Waals surface area contributed by atoms with Crippen molar-refractivity contribution in [2.24, 2.45) is 0 Å². The standard InChI is InChI=1S/C24H32N2O4S/c1-4-15-25(22(27)13-14-24(29)30-5-2)18-23(28)26(16-20-9-7-6-8-10-20)17-21-12-11-19(3)31-21/h6-12H,4-5,13-18H2,1-3H3. The Morgan fingerprint density at radius 3 is 2.26 bits per heavy atom. The Bertz CT molecular complexity index is 850. The highest BCUT2D eigenvalue weighted by Crippen LogP contribution is 2.19. The zero-order valence-electron chi connectivity index (χ0n) is 18.6. The molecule has 0 bridgehead atoms. The molecular weight excluding hydrogens is 412 g/mol. The summed E-state index contributed by atoms with van der Waals surface area (Å²) in [6.45, 7) is 7.50. The average Bonchev–Trinajstić information content (AvgIpc) is 3.16. The zero-order chi connectivity index (χ0) is 22.6. The van der Waals surface area contributed by atoms with Gasteiger partial charge >= 0.3 is 5.97 Å². The van der Waals surface area contributed by atoms with Crippen LogP contribution >= 0.6 is 11.3 Å². The number of thiophene rings is 1. The first-order valence-electron chi connectivity index (χ1n) is 10.7. The fraction of sp³-hybridized carbons (Fsp3) is 0.458. The van der Waals surface area contributed by atoms with Crippen LogP contribution in [0.15, 0.2) is 42.5 Å². The number of benzene rings is 1. The summed E-state index contributed by atoms with van der Waals surface area (Å²) in [6.07, 6.45) is 0.819. The third-order valence-electron chi connectivity index (χ3n) is 4.73. The number of esters is 1. The third kappa shape index (κ3) is 8.53. The van der Waals surface area contributed by atoms with Gasteiger partial charge in [-0.05, 0) is 38.0 Å². The number of hydrogen-bond donors (Lipinski definition) is 0. The van der Waals surface area contributed by atoms with Gasteiger partial charge in [-0.25, -0.2) is 0 Å². The van der Waals surface area contributed by atoms with Crippen molar-refractivity contribution in [2.75, 3.05) is 19.7 Å². The largest absolute Gasteiger partial charge is 0.466 e. The van der Waals surface area contributed by atoms with Crippen molar-refractivity contribution < 1.29 is 19.1 Å². The van der Waals surface area contributed by atoms with E-state index in [0.717, 1.165) is 16.9 Å². The lowest BCUT2D eigenvalue weighted by Crippen LogP contribution is -2.42. The number of nitrogens with zero attached hydrogens (tertiary/aromatic N) is 2. The van der Waals surface area contributed by atoms with Crippen LogP contribution in [-0.4, -0.2) is 47.3 Å². The molecule has 2 rings (SSSR count). The number of ether oxygens (including phenoxy) is 1. The van der Waals surface area contributed by atoms with Crippen LogP contribution in [0.1, 0.15) is 48.4 Å². The highest BCUT2D eigenvalue weighted by molar-refractivity contribution is 7.11. The van der Waals surface area contributed by atoms with Crippen LogP contribution in [0.5, 0.6) is 0 Å². The number of rotatable bonds is 12. The predicted octanol–water partition coefficient (Wildman–Crippen LogP) is 4.17. The molecule has 1 heterocycles. The van der Waals surface area contributed by atoms with Crippen LogP contribution in [0.3, 0.4) is 0 Å². The molecule has 6 nitrogen and oxygen atoms in total. The van der Waals surface area contributed by atoms with Gasteiger partial charge in [-0.15, -0.1) is 11.3 Å². The fourth-order valence-electron chi connectivity index (χ4n) is 3.22. The summed E-state index contributed by atoms with van der Waals surface area (Å²) < 4.78 is 4.90. The minimum Gasteiger partial charge on any atom is -0.466 e. The van der Waals surface area contributed by atoms with Gasteiger partial charge in [0.05, 0.1) is 26.1 Å². The van der Waals surface area contributed by atoms with Crippen molar-refractivity contribution in [3.63, 3.8) is 0 Å². The average molecular weight is 445 g/mol. The van der Waals surface area contributed by atoms with Gasteiger partial charge in [0.1, 0.15) is 0 Å². The molecule has 7 heteroatoms. The highest BCUT2D eigenvalue weighted by Gasteiger charge is 2.22. The van der Waals surface area contributed by atoms with E-state index in [1.54, 1.807) is 28.1 Å². The van der Waals surface area contributed by atoms with Gasteiger partial charge in [-0.3, -0.25) is 14.4 Å². The molecule has 168 valence electrons. The lowest BCUT2D eigenvalue weighted by atomic mass is 10.2. The molecular formula is C24H32N2O4S. The SMILES string of the molecule is CCCN(CC(=O)N(Cc1ccccc1)Cc1ccc(C)s1)C(=O)CCC(=O)OCC. The molecule has 0 atom stereocenters. The third-order valence-corrected chi connectivity index (χ3v) is 5.72. The normalized spacial score (nSPS) is 10.5. The molecule has 0 spiro atoms. The van der Waals surface area contributed by atoms with Crippen LogP contribution in [0.4, 0.5) is 0 Å². The first-order valence-corrected chi connectivity index (χ1v) is 11.5. The van der Waals surface area contributed by atoms with E-state index in [9.17, 15) is 14.4 Å². The molecule has 0 unspecified atom stereocenters. The number of carbonyl (C=O) groups is 3. The molecule has 1 aromatic carbocycles. The fourth-order valence-corrected chi connectivity index (χ4v) is 4.13. The predicted molar refractivity (Wildman–Crippen MR) is 122 cm³/mol. The van der Waals surface area contributed by atoms with Crippen LogP contribution in [0.25, 0.3) is 0 Å².